The van der Waals surface area contributed by atoms with Crippen molar-refractivity contribution in [1.82, 2.24) is 19.9 Å². The number of aromatic nitrogens is 4. The maximum Gasteiger partial charge on any atom is 0.199 e. The van der Waals surface area contributed by atoms with E-state index >= 15 is 0 Å². The number of methoxy groups -OCH3 is 1. The van der Waals surface area contributed by atoms with E-state index < -0.39 is 6.29 Å². The molecule has 0 aliphatic carbocycles. The number of nitrogens with zero attached hydrogens (tertiary/aromatic N) is 4. The third-order valence-electron chi connectivity index (χ3n) is 4.65. The highest BCUT2D eigenvalue weighted by Crippen LogP contribution is 2.31. The molecule has 3 N–H and O–H groups in total. The fourth-order valence-electron chi connectivity index (χ4n) is 3.05. The van der Waals surface area contributed by atoms with Crippen molar-refractivity contribution in [1.29, 1.82) is 0 Å². The number of fused-ring (bicyclic) bond motifs is 1. The lowest BCUT2D eigenvalue weighted by Gasteiger charge is -2.13. The first-order valence-corrected chi connectivity index (χ1v) is 10.5. The molecule has 0 saturated heterocycles. The molecule has 0 aliphatic rings. The number of para-hydroxylation sites is 1. The van der Waals surface area contributed by atoms with Crippen molar-refractivity contribution in [2.24, 2.45) is 0 Å². The van der Waals surface area contributed by atoms with Gasteiger partial charge >= 0.3 is 0 Å². The zero-order chi connectivity index (χ0) is 22.5. The van der Waals surface area contributed by atoms with E-state index in [9.17, 15) is 5.11 Å². The van der Waals surface area contributed by atoms with Crippen LogP contribution in [-0.2, 0) is 4.74 Å². The van der Waals surface area contributed by atoms with Gasteiger partial charge in [0.2, 0.25) is 0 Å². The van der Waals surface area contributed by atoms with Gasteiger partial charge in [0.05, 0.1) is 22.9 Å². The number of anilines is 2. The number of aliphatic hydroxyl groups is 1. The van der Waals surface area contributed by atoms with Gasteiger partial charge in [-0.05, 0) is 30.3 Å². The summed E-state index contributed by atoms with van der Waals surface area (Å²) in [7, 11) is 1.40. The Hall–Kier alpha value is -3.04. The number of benzene rings is 2. The molecule has 0 amide bonds. The van der Waals surface area contributed by atoms with Crippen molar-refractivity contribution in [2.45, 2.75) is 6.29 Å². The first-order chi connectivity index (χ1) is 15.5. The summed E-state index contributed by atoms with van der Waals surface area (Å²) in [4.78, 5) is 17.7. The quantitative estimate of drug-likeness (QED) is 0.254. The molecule has 4 rings (SSSR count). The summed E-state index contributed by atoms with van der Waals surface area (Å²) in [6.07, 6.45) is 1.91. The van der Waals surface area contributed by atoms with E-state index in [1.807, 2.05) is 30.3 Å². The van der Waals surface area contributed by atoms with Crippen molar-refractivity contribution < 1.29 is 9.84 Å². The zero-order valence-corrected chi connectivity index (χ0v) is 18.6. The van der Waals surface area contributed by atoms with Crippen molar-refractivity contribution in [3.8, 4) is 11.4 Å². The summed E-state index contributed by atoms with van der Waals surface area (Å²) >= 11 is 12.4. The predicted octanol–water partition coefficient (Wildman–Crippen LogP) is 4.55. The maximum absolute atomic E-state index is 9.60. The Kier molecular flexibility index (Phi) is 6.96. The summed E-state index contributed by atoms with van der Waals surface area (Å²) in [6.45, 7) is 1.13. The highest BCUT2D eigenvalue weighted by atomic mass is 35.5. The molecule has 2 aromatic heterocycles. The molecular formula is C22H20Cl2N6O2. The zero-order valence-electron chi connectivity index (χ0n) is 17.1. The highest BCUT2D eigenvalue weighted by Gasteiger charge is 2.12. The number of rotatable bonds is 8. The molecule has 8 nitrogen and oxygen atoms in total. The van der Waals surface area contributed by atoms with E-state index in [1.54, 1.807) is 12.1 Å². The minimum Gasteiger partial charge on any atom is -0.368 e. The van der Waals surface area contributed by atoms with Gasteiger partial charge in [-0.3, -0.25) is 4.98 Å². The average Bonchev–Trinajstić information content (AvgIpc) is 2.81. The van der Waals surface area contributed by atoms with Crippen LogP contribution >= 0.6 is 23.2 Å². The molecular weight excluding hydrogens is 451 g/mol. The van der Waals surface area contributed by atoms with Crippen LogP contribution in [0.15, 0.2) is 54.9 Å². The molecule has 0 saturated carbocycles. The van der Waals surface area contributed by atoms with Gasteiger partial charge in [-0.2, -0.15) is 0 Å². The standard InChI is InChI=1S/C22H20Cl2N6O2/c1-32-22(31)18-11-28-19(12-27-18)25-8-9-26-20-15-4-2-3-5-17(15)29-21(30-20)14-7-6-13(23)10-16(14)24/h2-7,10-12,22,31H,8-9H2,1H3,(H,25,28)(H,26,29,30). The molecule has 1 atom stereocenters. The Bertz CT molecular complexity index is 1220. The molecule has 0 spiro atoms. The van der Waals surface area contributed by atoms with Gasteiger partial charge in [0, 0.05) is 36.2 Å². The van der Waals surface area contributed by atoms with Crippen LogP contribution in [0.5, 0.6) is 0 Å². The number of ether oxygens (including phenoxy) is 1. The normalized spacial score (nSPS) is 12.0. The van der Waals surface area contributed by atoms with Crippen molar-refractivity contribution in [3.63, 3.8) is 0 Å². The fourth-order valence-corrected chi connectivity index (χ4v) is 3.54. The molecule has 0 fully saturated rings. The Morgan fingerprint density at radius 1 is 1.00 bits per heavy atom. The summed E-state index contributed by atoms with van der Waals surface area (Å²) in [6, 6.07) is 13.0. The molecule has 32 heavy (non-hydrogen) atoms. The molecule has 10 heteroatoms. The SMILES string of the molecule is COC(O)c1cnc(NCCNc2nc(-c3ccc(Cl)cc3Cl)nc3ccccc23)cn1. The van der Waals surface area contributed by atoms with Crippen LogP contribution in [0, 0.1) is 0 Å². The molecule has 2 heterocycles. The van der Waals surface area contributed by atoms with E-state index in [2.05, 4.69) is 25.6 Å². The summed E-state index contributed by atoms with van der Waals surface area (Å²) in [5.74, 6) is 1.79. The number of nitrogens with one attached hydrogen (secondary N) is 2. The second kappa shape index (κ2) is 10.1. The van der Waals surface area contributed by atoms with E-state index in [0.717, 1.165) is 10.9 Å². The smallest absolute Gasteiger partial charge is 0.199 e. The minimum absolute atomic E-state index is 0.344. The van der Waals surface area contributed by atoms with Crippen LogP contribution in [0.4, 0.5) is 11.6 Å². The van der Waals surface area contributed by atoms with Gasteiger partial charge in [-0.1, -0.05) is 35.3 Å². The van der Waals surface area contributed by atoms with Crippen molar-refractivity contribution in [2.75, 3.05) is 30.8 Å². The van der Waals surface area contributed by atoms with Gasteiger partial charge in [0.15, 0.2) is 12.1 Å². The Morgan fingerprint density at radius 3 is 2.56 bits per heavy atom. The monoisotopic (exact) mass is 470 g/mol. The Morgan fingerprint density at radius 2 is 1.81 bits per heavy atom. The number of aliphatic hydroxyl groups excluding tert-OH is 1. The fraction of sp³-hybridized carbons (Fsp3) is 0.182. The van der Waals surface area contributed by atoms with Crippen LogP contribution < -0.4 is 10.6 Å². The van der Waals surface area contributed by atoms with Crippen molar-refractivity contribution >= 4 is 45.7 Å². The van der Waals surface area contributed by atoms with Gasteiger partial charge < -0.3 is 20.5 Å². The molecule has 1 unspecified atom stereocenters. The highest BCUT2D eigenvalue weighted by molar-refractivity contribution is 6.36. The molecule has 4 aromatic rings. The lowest BCUT2D eigenvalue weighted by molar-refractivity contribution is -0.0800. The largest absolute Gasteiger partial charge is 0.368 e. The van der Waals surface area contributed by atoms with Gasteiger partial charge in [0.25, 0.3) is 0 Å². The Labute approximate surface area is 194 Å². The second-order valence-electron chi connectivity index (χ2n) is 6.81. The lowest BCUT2D eigenvalue weighted by atomic mass is 10.2. The predicted molar refractivity (Wildman–Crippen MR) is 126 cm³/mol. The minimum atomic E-state index is -1.09. The van der Waals surface area contributed by atoms with E-state index in [4.69, 9.17) is 32.9 Å². The van der Waals surface area contributed by atoms with E-state index in [1.165, 1.54) is 19.5 Å². The van der Waals surface area contributed by atoms with Gasteiger partial charge in [-0.15, -0.1) is 0 Å². The van der Waals surface area contributed by atoms with Crippen LogP contribution in [-0.4, -0.2) is 45.2 Å². The van der Waals surface area contributed by atoms with Crippen LogP contribution in [0.1, 0.15) is 12.0 Å². The Balaban J connectivity index is 1.49. The molecule has 0 bridgehead atoms. The summed E-state index contributed by atoms with van der Waals surface area (Å²) < 4.78 is 4.81. The lowest BCUT2D eigenvalue weighted by Crippen LogP contribution is -2.16. The van der Waals surface area contributed by atoms with Gasteiger partial charge in [-0.25, -0.2) is 15.0 Å². The number of hydrogen-bond donors (Lipinski definition) is 3. The maximum atomic E-state index is 9.60. The summed E-state index contributed by atoms with van der Waals surface area (Å²) in [5, 5.41) is 18.1. The van der Waals surface area contributed by atoms with Crippen LogP contribution in [0.3, 0.4) is 0 Å². The number of hydrogen-bond acceptors (Lipinski definition) is 8. The van der Waals surface area contributed by atoms with Crippen LogP contribution in [0.2, 0.25) is 10.0 Å². The number of halogens is 2. The topological polar surface area (TPSA) is 105 Å². The summed E-state index contributed by atoms with van der Waals surface area (Å²) in [5.41, 5.74) is 1.85. The molecule has 2 aromatic carbocycles. The average molecular weight is 471 g/mol. The molecule has 164 valence electrons. The third kappa shape index (κ3) is 5.05. The second-order valence-corrected chi connectivity index (χ2v) is 7.65. The van der Waals surface area contributed by atoms with E-state index in [0.29, 0.717) is 51.9 Å². The van der Waals surface area contributed by atoms with E-state index in [-0.39, 0.29) is 0 Å². The van der Waals surface area contributed by atoms with Crippen LogP contribution in [0.25, 0.3) is 22.3 Å². The first-order valence-electron chi connectivity index (χ1n) is 9.78. The molecule has 0 aliphatic heterocycles. The molecule has 0 radical (unpaired) electrons. The third-order valence-corrected chi connectivity index (χ3v) is 5.19. The first kappa shape index (κ1) is 22.2. The van der Waals surface area contributed by atoms with Crippen molar-refractivity contribution in [3.05, 3.63) is 70.6 Å². The van der Waals surface area contributed by atoms with Gasteiger partial charge in [0.1, 0.15) is 17.3 Å².